The number of nitrogens with one attached hydrogen (secondary N) is 1. The Balaban J connectivity index is 1.26. The van der Waals surface area contributed by atoms with Crippen LogP contribution in [0, 0.1) is 24.1 Å². The molecule has 3 atom stereocenters. The number of hydrogen-bond donors (Lipinski definition) is 2. The van der Waals surface area contributed by atoms with Crippen LogP contribution in [0.15, 0.2) is 12.1 Å². The predicted octanol–water partition coefficient (Wildman–Crippen LogP) is 6.77. The van der Waals surface area contributed by atoms with Crippen molar-refractivity contribution in [2.24, 2.45) is 11.3 Å². The quantitative estimate of drug-likeness (QED) is 0.261. The fourth-order valence-corrected chi connectivity index (χ4v) is 7.85. The molecule has 0 amide bonds. The summed E-state index contributed by atoms with van der Waals surface area (Å²) in [4.78, 5) is 16.7. The van der Waals surface area contributed by atoms with Crippen LogP contribution in [0.2, 0.25) is 5.02 Å². The number of likely N-dealkylation sites (tertiary alicyclic amines) is 1. The van der Waals surface area contributed by atoms with Crippen molar-refractivity contribution in [3.63, 3.8) is 0 Å². The Kier molecular flexibility index (Phi) is 8.34. The molecule has 2 aromatic heterocycles. The fourth-order valence-electron chi connectivity index (χ4n) is 7.57. The van der Waals surface area contributed by atoms with E-state index >= 15 is 4.39 Å². The summed E-state index contributed by atoms with van der Waals surface area (Å²) in [5.41, 5.74) is 2.38. The summed E-state index contributed by atoms with van der Waals surface area (Å²) >= 11 is 6.57. The van der Waals surface area contributed by atoms with E-state index in [1.54, 1.807) is 0 Å². The molecule has 48 heavy (non-hydrogen) atoms. The number of pyridine rings is 1. The number of aryl methyl sites for hydroxylation is 1. The maximum Gasteiger partial charge on any atom is 0.418 e. The molecule has 4 aliphatic rings. The van der Waals surface area contributed by atoms with Gasteiger partial charge in [-0.1, -0.05) is 11.6 Å². The highest BCUT2D eigenvalue weighted by atomic mass is 35.5. The summed E-state index contributed by atoms with van der Waals surface area (Å²) in [6.07, 6.45) is -5.22. The Morgan fingerprint density at radius 1 is 1.02 bits per heavy atom. The first-order valence-electron chi connectivity index (χ1n) is 16.1. The molecular weight excluding hydrogens is 667 g/mol. The van der Waals surface area contributed by atoms with Crippen LogP contribution >= 0.6 is 11.6 Å². The molecule has 3 N–H and O–H groups in total. The standard InChI is InChI=1S/C32H35ClF7N7O/c1-16-9-22(41)43-27(24(16)32(38,39)40)23-21(33)10-20-26(25(23)34)44-29(45-28(20)47-12-18-4-5-19(13-47)42-18)48-15-30(6-7-30)14-46-8-2-3-17(11-46)31(35,36)37/h9-10,17-19,42H,2-8,11-15H2,1H3,(H2,41,43)/t17-,18?,19?/m1/s1. The van der Waals surface area contributed by atoms with E-state index in [0.717, 1.165) is 31.7 Å². The zero-order chi connectivity index (χ0) is 34.2. The Morgan fingerprint density at radius 3 is 2.38 bits per heavy atom. The molecular formula is C32H35ClF7N7O. The number of piperazine rings is 1. The van der Waals surface area contributed by atoms with Gasteiger partial charge >= 0.3 is 18.4 Å². The Bertz CT molecular complexity index is 1720. The normalized spacial score (nSPS) is 24.4. The van der Waals surface area contributed by atoms with Gasteiger partial charge in [-0.25, -0.2) is 9.37 Å². The topological polar surface area (TPSA) is 92.4 Å². The number of piperidine rings is 1. The number of halogens is 8. The van der Waals surface area contributed by atoms with Gasteiger partial charge in [-0.15, -0.1) is 0 Å². The van der Waals surface area contributed by atoms with Gasteiger partial charge in [-0.3, -0.25) is 0 Å². The summed E-state index contributed by atoms with van der Waals surface area (Å²) in [6, 6.07) is 2.58. The lowest BCUT2D eigenvalue weighted by atomic mass is 9.96. The van der Waals surface area contributed by atoms with Crippen molar-refractivity contribution in [2.75, 3.05) is 50.0 Å². The average Bonchev–Trinajstić information content (AvgIpc) is 3.68. The van der Waals surface area contributed by atoms with E-state index in [9.17, 15) is 26.3 Å². The van der Waals surface area contributed by atoms with Crippen LogP contribution in [0.3, 0.4) is 0 Å². The summed E-state index contributed by atoms with van der Waals surface area (Å²) in [6.45, 7) is 3.31. The van der Waals surface area contributed by atoms with E-state index in [4.69, 9.17) is 22.1 Å². The van der Waals surface area contributed by atoms with E-state index in [0.29, 0.717) is 38.4 Å². The minimum atomic E-state index is -4.89. The van der Waals surface area contributed by atoms with Gasteiger partial charge < -0.3 is 25.6 Å². The van der Waals surface area contributed by atoms with Crippen LogP contribution in [-0.4, -0.2) is 77.4 Å². The second-order valence-corrected chi connectivity index (χ2v) is 14.2. The maximum absolute atomic E-state index is 16.7. The number of nitrogen functional groups attached to an aromatic ring is 1. The Hall–Kier alpha value is -3.17. The number of anilines is 2. The molecule has 16 heteroatoms. The Morgan fingerprint density at radius 2 is 1.73 bits per heavy atom. The first-order valence-corrected chi connectivity index (χ1v) is 16.5. The number of benzene rings is 1. The van der Waals surface area contributed by atoms with Crippen molar-refractivity contribution in [1.82, 2.24) is 25.2 Å². The summed E-state index contributed by atoms with van der Waals surface area (Å²) in [5, 5.41) is 3.42. The number of nitrogens with two attached hydrogens (primary N) is 1. The molecule has 3 aromatic rings. The second-order valence-electron chi connectivity index (χ2n) is 13.8. The lowest BCUT2D eigenvalue weighted by Gasteiger charge is -2.36. The predicted molar refractivity (Wildman–Crippen MR) is 166 cm³/mol. The SMILES string of the molecule is Cc1cc(N)nc(-c2c(Cl)cc3c(N4CC5CCC(C4)N5)nc(OCC4(CN5CCC[C@@H](C(F)(F)F)C5)CC4)nc3c2F)c1C(F)(F)F. The van der Waals surface area contributed by atoms with Crippen molar-refractivity contribution >= 4 is 34.1 Å². The third kappa shape index (κ3) is 6.45. The highest BCUT2D eigenvalue weighted by Crippen LogP contribution is 2.48. The van der Waals surface area contributed by atoms with Crippen LogP contribution in [0.4, 0.5) is 42.4 Å². The van der Waals surface area contributed by atoms with Gasteiger partial charge in [0.2, 0.25) is 0 Å². The zero-order valence-electron chi connectivity index (χ0n) is 26.1. The highest BCUT2D eigenvalue weighted by Gasteiger charge is 2.48. The molecule has 260 valence electrons. The van der Waals surface area contributed by atoms with Gasteiger partial charge in [0.15, 0.2) is 5.82 Å². The minimum absolute atomic E-state index is 0.0701. The lowest BCUT2D eigenvalue weighted by molar-refractivity contribution is -0.187. The number of ether oxygens (including phenoxy) is 1. The molecule has 0 spiro atoms. The van der Waals surface area contributed by atoms with Crippen molar-refractivity contribution in [1.29, 1.82) is 0 Å². The number of aromatic nitrogens is 3. The number of fused-ring (bicyclic) bond motifs is 3. The van der Waals surface area contributed by atoms with E-state index in [2.05, 4.69) is 20.3 Å². The third-order valence-corrected chi connectivity index (χ3v) is 10.4. The minimum Gasteiger partial charge on any atom is -0.463 e. The molecule has 5 heterocycles. The highest BCUT2D eigenvalue weighted by molar-refractivity contribution is 6.34. The monoisotopic (exact) mass is 701 g/mol. The lowest BCUT2D eigenvalue weighted by Crippen LogP contribution is -2.51. The maximum atomic E-state index is 16.7. The molecule has 4 fully saturated rings. The largest absolute Gasteiger partial charge is 0.463 e. The summed E-state index contributed by atoms with van der Waals surface area (Å²) in [7, 11) is 0. The van der Waals surface area contributed by atoms with Crippen molar-refractivity contribution < 1.29 is 35.5 Å². The van der Waals surface area contributed by atoms with Crippen LogP contribution in [0.25, 0.3) is 22.2 Å². The van der Waals surface area contributed by atoms with Crippen LogP contribution < -0.4 is 20.7 Å². The molecule has 8 nitrogen and oxygen atoms in total. The molecule has 2 unspecified atom stereocenters. The van der Waals surface area contributed by atoms with Gasteiger partial charge in [0.05, 0.1) is 34.4 Å². The summed E-state index contributed by atoms with van der Waals surface area (Å²) in [5.74, 6) is -2.40. The van der Waals surface area contributed by atoms with Crippen LogP contribution in [0.5, 0.6) is 6.01 Å². The molecule has 0 radical (unpaired) electrons. The number of hydrogen-bond acceptors (Lipinski definition) is 8. The van der Waals surface area contributed by atoms with E-state index in [1.165, 1.54) is 13.0 Å². The van der Waals surface area contributed by atoms with Gasteiger partial charge in [0.25, 0.3) is 0 Å². The van der Waals surface area contributed by atoms with Gasteiger partial charge in [0.1, 0.15) is 17.2 Å². The zero-order valence-corrected chi connectivity index (χ0v) is 26.9. The molecule has 1 aliphatic carbocycles. The van der Waals surface area contributed by atoms with E-state index in [1.807, 2.05) is 9.80 Å². The molecule has 1 saturated carbocycles. The molecule has 3 saturated heterocycles. The summed E-state index contributed by atoms with van der Waals surface area (Å²) < 4.78 is 106. The average molecular weight is 702 g/mol. The van der Waals surface area contributed by atoms with E-state index in [-0.39, 0.29) is 65.0 Å². The van der Waals surface area contributed by atoms with E-state index < -0.39 is 46.3 Å². The van der Waals surface area contributed by atoms with Crippen molar-refractivity contribution in [3.05, 3.63) is 34.1 Å². The first-order chi connectivity index (χ1) is 22.6. The number of nitrogens with zero attached hydrogens (tertiary/aromatic N) is 5. The second kappa shape index (κ2) is 12.0. The van der Waals surface area contributed by atoms with Gasteiger partial charge in [-0.05, 0) is 69.7 Å². The van der Waals surface area contributed by atoms with Crippen molar-refractivity contribution in [3.8, 4) is 17.3 Å². The number of alkyl halides is 6. The number of rotatable bonds is 7. The Labute approximate surface area is 277 Å². The molecule has 3 aliphatic heterocycles. The fraction of sp³-hybridized carbons (Fsp3) is 0.594. The smallest absolute Gasteiger partial charge is 0.418 e. The van der Waals surface area contributed by atoms with Crippen LogP contribution in [0.1, 0.15) is 49.7 Å². The van der Waals surface area contributed by atoms with Crippen molar-refractivity contribution in [2.45, 2.75) is 69.9 Å². The van der Waals surface area contributed by atoms with Gasteiger partial charge in [-0.2, -0.15) is 36.3 Å². The third-order valence-electron chi connectivity index (χ3n) is 10.1. The first kappa shape index (κ1) is 33.3. The molecule has 7 rings (SSSR count). The molecule has 1 aromatic carbocycles. The van der Waals surface area contributed by atoms with Crippen LogP contribution in [-0.2, 0) is 6.18 Å². The van der Waals surface area contributed by atoms with Gasteiger partial charge in [0, 0.05) is 49.1 Å². The molecule has 2 bridgehead atoms.